The predicted molar refractivity (Wildman–Crippen MR) is 77.0 cm³/mol. The smallest absolute Gasteiger partial charge is 0.159 e. The van der Waals surface area contributed by atoms with Crippen molar-refractivity contribution in [2.45, 2.75) is 31.7 Å². The van der Waals surface area contributed by atoms with E-state index in [1.165, 1.54) is 0 Å². The summed E-state index contributed by atoms with van der Waals surface area (Å²) in [4.78, 5) is 9.14. The molecule has 1 atom stereocenters. The molecule has 0 bridgehead atoms. The van der Waals surface area contributed by atoms with Crippen molar-refractivity contribution in [1.29, 1.82) is 0 Å². The van der Waals surface area contributed by atoms with Gasteiger partial charge in [-0.15, -0.1) is 0 Å². The van der Waals surface area contributed by atoms with Crippen LogP contribution in [0.5, 0.6) is 0 Å². The number of rotatable bonds is 1. The maximum atomic E-state index is 6.16. The van der Waals surface area contributed by atoms with Gasteiger partial charge in [0.2, 0.25) is 0 Å². The van der Waals surface area contributed by atoms with Gasteiger partial charge in [-0.3, -0.25) is 0 Å². The van der Waals surface area contributed by atoms with Crippen LogP contribution in [0.15, 0.2) is 30.5 Å². The summed E-state index contributed by atoms with van der Waals surface area (Å²) in [6.07, 6.45) is 6.22. The van der Waals surface area contributed by atoms with E-state index in [1.54, 1.807) is 0 Å². The van der Waals surface area contributed by atoms with Crippen LogP contribution in [0.4, 0.5) is 0 Å². The summed E-state index contributed by atoms with van der Waals surface area (Å²) in [5.41, 5.74) is 9.36. The summed E-state index contributed by atoms with van der Waals surface area (Å²) in [5, 5.41) is 0.723. The minimum Gasteiger partial charge on any atom is -0.324 e. The predicted octanol–water partition coefficient (Wildman–Crippen LogP) is 3.52. The van der Waals surface area contributed by atoms with Crippen LogP contribution >= 0.6 is 11.6 Å². The summed E-state index contributed by atoms with van der Waals surface area (Å²) in [6.45, 7) is 0. The second-order valence-corrected chi connectivity index (χ2v) is 5.39. The first-order valence-electron chi connectivity index (χ1n) is 6.61. The highest BCUT2D eigenvalue weighted by molar-refractivity contribution is 6.30. The largest absolute Gasteiger partial charge is 0.324 e. The number of hydrogen-bond acceptors (Lipinski definition) is 3. The zero-order chi connectivity index (χ0) is 13.2. The van der Waals surface area contributed by atoms with Crippen LogP contribution in [0.3, 0.4) is 0 Å². The minimum absolute atomic E-state index is 0.0803. The highest BCUT2D eigenvalue weighted by Gasteiger charge is 2.17. The zero-order valence-electron chi connectivity index (χ0n) is 10.6. The molecule has 0 aliphatic heterocycles. The molecule has 1 heterocycles. The first-order valence-corrected chi connectivity index (χ1v) is 6.99. The van der Waals surface area contributed by atoms with Crippen molar-refractivity contribution in [3.8, 4) is 11.4 Å². The van der Waals surface area contributed by atoms with E-state index in [0.717, 1.165) is 53.4 Å². The Balaban J connectivity index is 2.01. The Labute approximate surface area is 117 Å². The molecule has 1 aromatic heterocycles. The molecule has 2 aromatic rings. The zero-order valence-corrected chi connectivity index (χ0v) is 11.4. The molecule has 1 aliphatic carbocycles. The molecule has 0 radical (unpaired) electrons. The minimum atomic E-state index is 0.0803. The van der Waals surface area contributed by atoms with Gasteiger partial charge < -0.3 is 5.73 Å². The molecule has 1 unspecified atom stereocenters. The summed E-state index contributed by atoms with van der Waals surface area (Å²) < 4.78 is 0. The topological polar surface area (TPSA) is 51.8 Å². The van der Waals surface area contributed by atoms with Crippen LogP contribution in [0, 0.1) is 0 Å². The Morgan fingerprint density at radius 2 is 1.95 bits per heavy atom. The lowest BCUT2D eigenvalue weighted by Gasteiger charge is -2.12. The Morgan fingerprint density at radius 1 is 1.16 bits per heavy atom. The Morgan fingerprint density at radius 3 is 2.74 bits per heavy atom. The summed E-state index contributed by atoms with van der Waals surface area (Å²) in [6, 6.07) is 7.69. The number of nitrogens with two attached hydrogens (primary N) is 1. The number of nitrogens with zero attached hydrogens (tertiary/aromatic N) is 2. The van der Waals surface area contributed by atoms with Gasteiger partial charge >= 0.3 is 0 Å². The van der Waals surface area contributed by atoms with Crippen molar-refractivity contribution < 1.29 is 0 Å². The highest BCUT2D eigenvalue weighted by atomic mass is 35.5. The van der Waals surface area contributed by atoms with Crippen molar-refractivity contribution >= 4 is 11.6 Å². The second-order valence-electron chi connectivity index (χ2n) is 4.95. The van der Waals surface area contributed by atoms with Crippen LogP contribution < -0.4 is 5.73 Å². The Hall–Kier alpha value is -1.45. The molecule has 3 rings (SSSR count). The van der Waals surface area contributed by atoms with Gasteiger partial charge in [-0.05, 0) is 43.5 Å². The molecule has 1 aromatic carbocycles. The third kappa shape index (κ3) is 2.62. The number of fused-ring (bicyclic) bond motifs is 1. The van der Waals surface area contributed by atoms with Gasteiger partial charge in [-0.2, -0.15) is 0 Å². The average molecular weight is 274 g/mol. The summed E-state index contributed by atoms with van der Waals surface area (Å²) in [5.74, 6) is 0.754. The molecular formula is C15H16ClN3. The molecule has 4 heteroatoms. The lowest BCUT2D eigenvalue weighted by atomic mass is 10.1. The molecule has 2 N–H and O–H groups in total. The van der Waals surface area contributed by atoms with Crippen molar-refractivity contribution in [2.75, 3.05) is 0 Å². The SMILES string of the molecule is NC1CCCCc2nc(-c3ccc(Cl)cc3)ncc21. The monoisotopic (exact) mass is 273 g/mol. The number of benzene rings is 1. The number of aryl methyl sites for hydroxylation is 1. The third-order valence-electron chi connectivity index (χ3n) is 3.58. The van der Waals surface area contributed by atoms with Gasteiger partial charge in [0.1, 0.15) is 0 Å². The van der Waals surface area contributed by atoms with Gasteiger partial charge in [0.25, 0.3) is 0 Å². The van der Waals surface area contributed by atoms with E-state index in [4.69, 9.17) is 17.3 Å². The molecule has 98 valence electrons. The first-order chi connectivity index (χ1) is 9.24. The standard InChI is InChI=1S/C15H16ClN3/c16-11-7-5-10(6-8-11)15-18-9-12-13(17)3-1-2-4-14(12)19-15/h5-9,13H,1-4,17H2. The molecule has 0 amide bonds. The van der Waals surface area contributed by atoms with Crippen LogP contribution in [0.2, 0.25) is 5.02 Å². The van der Waals surface area contributed by atoms with Gasteiger partial charge in [0.15, 0.2) is 5.82 Å². The van der Waals surface area contributed by atoms with Crippen LogP contribution in [-0.2, 0) is 6.42 Å². The van der Waals surface area contributed by atoms with E-state index < -0.39 is 0 Å². The van der Waals surface area contributed by atoms with Crippen molar-refractivity contribution in [2.24, 2.45) is 5.73 Å². The number of aromatic nitrogens is 2. The van der Waals surface area contributed by atoms with Crippen LogP contribution in [0.1, 0.15) is 36.6 Å². The number of halogens is 1. The lowest BCUT2D eigenvalue weighted by Crippen LogP contribution is -2.12. The van der Waals surface area contributed by atoms with E-state index in [9.17, 15) is 0 Å². The van der Waals surface area contributed by atoms with Crippen LogP contribution in [0.25, 0.3) is 11.4 Å². The van der Waals surface area contributed by atoms with Gasteiger partial charge in [0.05, 0.1) is 0 Å². The molecule has 0 fully saturated rings. The molecule has 3 nitrogen and oxygen atoms in total. The normalized spacial score (nSPS) is 18.7. The van der Waals surface area contributed by atoms with Crippen LogP contribution in [-0.4, -0.2) is 9.97 Å². The maximum Gasteiger partial charge on any atom is 0.159 e. The lowest BCUT2D eigenvalue weighted by molar-refractivity contribution is 0.614. The maximum absolute atomic E-state index is 6.16. The molecule has 0 saturated heterocycles. The third-order valence-corrected chi connectivity index (χ3v) is 3.83. The van der Waals surface area contributed by atoms with Gasteiger partial charge in [-0.25, -0.2) is 9.97 Å². The van der Waals surface area contributed by atoms with E-state index in [-0.39, 0.29) is 6.04 Å². The van der Waals surface area contributed by atoms with Crippen molar-refractivity contribution in [3.63, 3.8) is 0 Å². The van der Waals surface area contributed by atoms with E-state index in [2.05, 4.69) is 9.97 Å². The molecule has 0 spiro atoms. The Kier molecular flexibility index (Phi) is 3.49. The van der Waals surface area contributed by atoms with E-state index in [1.807, 2.05) is 30.5 Å². The average Bonchev–Trinajstić information content (AvgIpc) is 2.61. The summed E-state index contributed by atoms with van der Waals surface area (Å²) in [7, 11) is 0. The highest BCUT2D eigenvalue weighted by Crippen LogP contribution is 2.27. The van der Waals surface area contributed by atoms with E-state index >= 15 is 0 Å². The second kappa shape index (κ2) is 5.27. The van der Waals surface area contributed by atoms with E-state index in [0.29, 0.717) is 0 Å². The summed E-state index contributed by atoms with van der Waals surface area (Å²) >= 11 is 5.90. The Bertz CT molecular complexity index is 580. The molecule has 1 aliphatic rings. The number of hydrogen-bond donors (Lipinski definition) is 1. The fourth-order valence-corrected chi connectivity index (χ4v) is 2.61. The first kappa shape index (κ1) is 12.6. The van der Waals surface area contributed by atoms with Gasteiger partial charge in [0, 0.05) is 34.1 Å². The fourth-order valence-electron chi connectivity index (χ4n) is 2.49. The fraction of sp³-hybridized carbons (Fsp3) is 0.333. The van der Waals surface area contributed by atoms with Crippen molar-refractivity contribution in [3.05, 3.63) is 46.7 Å². The molecular weight excluding hydrogens is 258 g/mol. The van der Waals surface area contributed by atoms with Gasteiger partial charge in [-0.1, -0.05) is 18.0 Å². The quantitative estimate of drug-likeness (QED) is 0.809. The molecule has 19 heavy (non-hydrogen) atoms. The van der Waals surface area contributed by atoms with Crippen molar-refractivity contribution in [1.82, 2.24) is 9.97 Å². The molecule has 0 saturated carbocycles.